The van der Waals surface area contributed by atoms with Crippen LogP contribution in [0, 0.1) is 0 Å². The average molecular weight is 383 g/mol. The number of pyridine rings is 1. The number of aryl methyl sites for hydroxylation is 1. The van der Waals surface area contributed by atoms with Crippen molar-refractivity contribution in [1.82, 2.24) is 14.8 Å². The van der Waals surface area contributed by atoms with Gasteiger partial charge in [0.15, 0.2) is 0 Å². The van der Waals surface area contributed by atoms with Crippen molar-refractivity contribution in [3.05, 3.63) is 89.3 Å². The Bertz CT molecular complexity index is 1200. The van der Waals surface area contributed by atoms with Crippen LogP contribution in [0.4, 0.5) is 5.82 Å². The summed E-state index contributed by atoms with van der Waals surface area (Å²) < 4.78 is 1.86. The van der Waals surface area contributed by atoms with E-state index in [4.69, 9.17) is 4.98 Å². The van der Waals surface area contributed by atoms with Gasteiger partial charge < -0.3 is 5.32 Å². The van der Waals surface area contributed by atoms with Crippen LogP contribution in [0.1, 0.15) is 37.5 Å². The largest absolute Gasteiger partial charge is 0.366 e. The second-order valence-electron chi connectivity index (χ2n) is 7.43. The number of allylic oxidation sites excluding steroid dienone is 5. The van der Waals surface area contributed by atoms with Crippen molar-refractivity contribution in [2.75, 3.05) is 11.9 Å². The maximum Gasteiger partial charge on any atom is 0.134 e. The summed E-state index contributed by atoms with van der Waals surface area (Å²) in [6.07, 6.45) is 10.3. The number of nitrogens with zero attached hydrogens (tertiary/aromatic N) is 3. The van der Waals surface area contributed by atoms with Gasteiger partial charge in [-0.25, -0.2) is 4.98 Å². The molecule has 0 aliphatic carbocycles. The zero-order valence-electron chi connectivity index (χ0n) is 17.5. The summed E-state index contributed by atoms with van der Waals surface area (Å²) >= 11 is 0. The molecule has 0 bridgehead atoms. The predicted molar refractivity (Wildman–Crippen MR) is 123 cm³/mol. The lowest BCUT2D eigenvalue weighted by molar-refractivity contribution is 0.780. The third-order valence-electron chi connectivity index (χ3n) is 5.50. The van der Waals surface area contributed by atoms with E-state index in [0.29, 0.717) is 0 Å². The molecule has 0 amide bonds. The van der Waals surface area contributed by atoms with Crippen LogP contribution in [0.3, 0.4) is 0 Å². The minimum Gasteiger partial charge on any atom is -0.366 e. The van der Waals surface area contributed by atoms with Gasteiger partial charge in [0, 0.05) is 42.5 Å². The minimum absolute atomic E-state index is 0.766. The van der Waals surface area contributed by atoms with E-state index in [1.54, 1.807) is 0 Å². The number of anilines is 1. The molecule has 0 fully saturated rings. The molecule has 3 heterocycles. The van der Waals surface area contributed by atoms with Crippen molar-refractivity contribution >= 4 is 27.9 Å². The second kappa shape index (κ2) is 7.55. The fourth-order valence-corrected chi connectivity index (χ4v) is 3.91. The molecule has 3 aromatic rings. The highest BCUT2D eigenvalue weighted by Gasteiger charge is 2.18. The zero-order valence-corrected chi connectivity index (χ0v) is 17.5. The summed E-state index contributed by atoms with van der Waals surface area (Å²) in [5, 5.41) is 9.03. The molecule has 4 nitrogen and oxygen atoms in total. The summed E-state index contributed by atoms with van der Waals surface area (Å²) in [7, 11) is 1.95. The zero-order chi connectivity index (χ0) is 20.5. The summed E-state index contributed by atoms with van der Waals surface area (Å²) in [5.74, 6) is 0.922. The first kappa shape index (κ1) is 18.9. The summed E-state index contributed by atoms with van der Waals surface area (Å²) in [5.41, 5.74) is 9.17. The maximum atomic E-state index is 4.75. The van der Waals surface area contributed by atoms with Gasteiger partial charge in [0.25, 0.3) is 0 Å². The van der Waals surface area contributed by atoms with Crippen LogP contribution in [0.2, 0.25) is 0 Å². The Kier molecular flexibility index (Phi) is 4.93. The van der Waals surface area contributed by atoms with Crippen molar-refractivity contribution in [2.45, 2.75) is 20.8 Å². The molecule has 29 heavy (non-hydrogen) atoms. The monoisotopic (exact) mass is 382 g/mol. The molecule has 0 spiro atoms. The van der Waals surface area contributed by atoms with Crippen LogP contribution in [-0.2, 0) is 7.05 Å². The Morgan fingerprint density at radius 3 is 2.83 bits per heavy atom. The number of hydrogen-bond acceptors (Lipinski definition) is 3. The van der Waals surface area contributed by atoms with Crippen molar-refractivity contribution < 1.29 is 0 Å². The molecule has 0 atom stereocenters. The number of nitrogens with one attached hydrogen (secondary N) is 1. The van der Waals surface area contributed by atoms with E-state index in [1.807, 2.05) is 24.0 Å². The van der Waals surface area contributed by atoms with Gasteiger partial charge in [0.2, 0.25) is 0 Å². The van der Waals surface area contributed by atoms with E-state index in [1.165, 1.54) is 22.3 Å². The quantitative estimate of drug-likeness (QED) is 0.584. The SMILES string of the molecule is C=C/C(C)=C(\C(C)=C/C)c1cnc2c(c1)C(c1ccc3nn(C)cc3c1)=CCN2. The normalized spacial score (nSPS) is 14.8. The van der Waals surface area contributed by atoms with Crippen LogP contribution in [-0.4, -0.2) is 21.3 Å². The molecular weight excluding hydrogens is 356 g/mol. The number of hydrogen-bond donors (Lipinski definition) is 1. The standard InChI is InChI=1S/C25H26N4/c1-6-16(3)24(17(4)7-2)19-13-22-21(10-11-26-25(22)27-14-19)18-8-9-23-20(12-18)15-29(5)28-23/h6-10,12-15H,1,11H2,2-5H3,(H,26,27)/b17-7-,24-16+. The summed E-state index contributed by atoms with van der Waals surface area (Å²) in [4.78, 5) is 4.75. The van der Waals surface area contributed by atoms with Crippen molar-refractivity contribution in [3.63, 3.8) is 0 Å². The van der Waals surface area contributed by atoms with Crippen molar-refractivity contribution in [3.8, 4) is 0 Å². The Morgan fingerprint density at radius 1 is 1.24 bits per heavy atom. The van der Waals surface area contributed by atoms with Gasteiger partial charge in [0.05, 0.1) is 5.52 Å². The first-order valence-electron chi connectivity index (χ1n) is 9.87. The molecule has 0 saturated heterocycles. The highest BCUT2D eigenvalue weighted by Crippen LogP contribution is 2.36. The molecule has 1 aliphatic rings. The molecule has 1 aliphatic heterocycles. The third-order valence-corrected chi connectivity index (χ3v) is 5.50. The lowest BCUT2D eigenvalue weighted by atomic mass is 9.90. The van der Waals surface area contributed by atoms with Gasteiger partial charge >= 0.3 is 0 Å². The van der Waals surface area contributed by atoms with Crippen molar-refractivity contribution in [2.24, 2.45) is 7.05 Å². The Morgan fingerprint density at radius 2 is 2.07 bits per heavy atom. The van der Waals surface area contributed by atoms with Gasteiger partial charge in [0.1, 0.15) is 5.82 Å². The molecule has 0 unspecified atom stereocenters. The van der Waals surface area contributed by atoms with E-state index in [9.17, 15) is 0 Å². The highest BCUT2D eigenvalue weighted by atomic mass is 15.2. The van der Waals surface area contributed by atoms with Gasteiger partial charge in [-0.15, -0.1) is 0 Å². The topological polar surface area (TPSA) is 42.7 Å². The molecule has 4 heteroatoms. The van der Waals surface area contributed by atoms with Gasteiger partial charge in [-0.2, -0.15) is 5.10 Å². The summed E-state index contributed by atoms with van der Waals surface area (Å²) in [6, 6.07) is 8.68. The molecule has 1 aromatic carbocycles. The van der Waals surface area contributed by atoms with Gasteiger partial charge in [-0.1, -0.05) is 30.9 Å². The smallest absolute Gasteiger partial charge is 0.134 e. The van der Waals surface area contributed by atoms with Crippen LogP contribution < -0.4 is 5.32 Å². The molecule has 146 valence electrons. The molecular formula is C25H26N4. The number of benzene rings is 1. The third kappa shape index (κ3) is 3.42. The van der Waals surface area contributed by atoms with Crippen molar-refractivity contribution in [1.29, 1.82) is 0 Å². The van der Waals surface area contributed by atoms with E-state index in [2.05, 4.69) is 80.4 Å². The van der Waals surface area contributed by atoms with E-state index < -0.39 is 0 Å². The molecule has 2 aromatic heterocycles. The fraction of sp³-hybridized carbons (Fsp3) is 0.200. The number of rotatable bonds is 4. The minimum atomic E-state index is 0.766. The Hall–Kier alpha value is -3.40. The van der Waals surface area contributed by atoms with Gasteiger partial charge in [-0.05, 0) is 66.8 Å². The van der Waals surface area contributed by atoms with Gasteiger partial charge in [-0.3, -0.25) is 4.68 Å². The molecule has 4 rings (SSSR count). The van der Waals surface area contributed by atoms with Crippen LogP contribution in [0.15, 0.2) is 72.6 Å². The maximum absolute atomic E-state index is 4.75. The van der Waals surface area contributed by atoms with E-state index >= 15 is 0 Å². The van der Waals surface area contributed by atoms with Crippen LogP contribution in [0.5, 0.6) is 0 Å². The number of aromatic nitrogens is 3. The lowest BCUT2D eigenvalue weighted by Crippen LogP contribution is -2.11. The predicted octanol–water partition coefficient (Wildman–Crippen LogP) is 5.75. The molecule has 1 N–H and O–H groups in total. The van der Waals surface area contributed by atoms with Crippen LogP contribution >= 0.6 is 0 Å². The first-order chi connectivity index (χ1) is 14.0. The first-order valence-corrected chi connectivity index (χ1v) is 9.87. The Labute approximate surface area is 172 Å². The van der Waals surface area contributed by atoms with Crippen LogP contribution in [0.25, 0.3) is 22.0 Å². The van der Waals surface area contributed by atoms with E-state index in [-0.39, 0.29) is 0 Å². The van der Waals surface area contributed by atoms with E-state index in [0.717, 1.165) is 40.0 Å². The molecule has 0 radical (unpaired) electrons. The Balaban J connectivity index is 1.86. The average Bonchev–Trinajstić information content (AvgIpc) is 3.12. The lowest BCUT2D eigenvalue weighted by Gasteiger charge is -2.21. The fourth-order valence-electron chi connectivity index (χ4n) is 3.91. The molecule has 0 saturated carbocycles. The highest BCUT2D eigenvalue weighted by molar-refractivity contribution is 5.93. The second-order valence-corrected chi connectivity index (χ2v) is 7.43. The summed E-state index contributed by atoms with van der Waals surface area (Å²) in [6.45, 7) is 11.0. The number of fused-ring (bicyclic) bond motifs is 2.